The molecule has 1 N–H and O–H groups in total. The summed E-state index contributed by atoms with van der Waals surface area (Å²) in [6.07, 6.45) is 3.25. The minimum atomic E-state index is -0.250. The summed E-state index contributed by atoms with van der Waals surface area (Å²) in [7, 11) is 5.54. The number of phenolic OH excluding ortho intramolecular Hbond substituents is 1. The molecule has 1 aromatic heterocycles. The minimum Gasteiger partial charge on any atom is -0.507 e. The van der Waals surface area contributed by atoms with Crippen LogP contribution in [0.5, 0.6) is 11.5 Å². The molecule has 0 radical (unpaired) electrons. The molecule has 2 aromatic carbocycles. The fourth-order valence-electron chi connectivity index (χ4n) is 2.62. The van der Waals surface area contributed by atoms with Crippen LogP contribution in [0.25, 0.3) is 16.5 Å². The highest BCUT2D eigenvalue weighted by Crippen LogP contribution is 2.30. The third kappa shape index (κ3) is 4.38. The number of benzene rings is 2. The van der Waals surface area contributed by atoms with Crippen LogP contribution in [0, 0.1) is 0 Å². The predicted molar refractivity (Wildman–Crippen MR) is 112 cm³/mol. The lowest BCUT2D eigenvalue weighted by Gasteiger charge is -2.12. The van der Waals surface area contributed by atoms with Crippen molar-refractivity contribution in [3.63, 3.8) is 0 Å². The SMILES string of the molecule is COc1ccc(C(=O)/C=C/c2ccc(-c3ccc(N(C)C)cc3)s2)c(O)c1. The van der Waals surface area contributed by atoms with E-state index in [-0.39, 0.29) is 17.1 Å². The number of ketones is 1. The first kappa shape index (κ1) is 18.7. The highest BCUT2D eigenvalue weighted by molar-refractivity contribution is 7.16. The first-order chi connectivity index (χ1) is 13.0. The fraction of sp³-hybridized carbons (Fsp3) is 0.136. The van der Waals surface area contributed by atoms with E-state index in [1.807, 2.05) is 26.2 Å². The van der Waals surface area contributed by atoms with Crippen molar-refractivity contribution < 1.29 is 14.6 Å². The van der Waals surface area contributed by atoms with Gasteiger partial charge in [0.25, 0.3) is 0 Å². The number of methoxy groups -OCH3 is 1. The van der Waals surface area contributed by atoms with Crippen molar-refractivity contribution in [1.29, 1.82) is 0 Å². The summed E-state index contributed by atoms with van der Waals surface area (Å²) in [6, 6.07) is 17.0. The maximum atomic E-state index is 12.3. The second-order valence-corrected chi connectivity index (χ2v) is 7.34. The Bertz CT molecular complexity index is 971. The molecule has 3 aromatic rings. The van der Waals surface area contributed by atoms with Crippen LogP contribution >= 0.6 is 11.3 Å². The molecule has 0 spiro atoms. The number of ether oxygens (including phenoxy) is 1. The van der Waals surface area contributed by atoms with E-state index in [1.165, 1.54) is 19.3 Å². The predicted octanol–water partition coefficient (Wildman–Crippen LogP) is 5.09. The Hall–Kier alpha value is -3.05. The summed E-state index contributed by atoms with van der Waals surface area (Å²) in [5.74, 6) is 0.175. The average Bonchev–Trinajstić information content (AvgIpc) is 3.15. The van der Waals surface area contributed by atoms with E-state index in [0.29, 0.717) is 5.75 Å². The summed E-state index contributed by atoms with van der Waals surface area (Å²) >= 11 is 1.61. The molecule has 0 amide bonds. The molecule has 0 unspecified atom stereocenters. The number of aromatic hydroxyl groups is 1. The molecule has 1 heterocycles. The lowest BCUT2D eigenvalue weighted by Crippen LogP contribution is -2.07. The van der Waals surface area contributed by atoms with Gasteiger partial charge in [-0.05, 0) is 54.1 Å². The smallest absolute Gasteiger partial charge is 0.189 e. The van der Waals surface area contributed by atoms with E-state index in [0.717, 1.165) is 21.0 Å². The van der Waals surface area contributed by atoms with Gasteiger partial charge in [-0.1, -0.05) is 12.1 Å². The molecule has 3 rings (SSSR count). The van der Waals surface area contributed by atoms with Gasteiger partial charge in [0.05, 0.1) is 12.7 Å². The van der Waals surface area contributed by atoms with Crippen LogP contribution in [0.2, 0.25) is 0 Å². The van der Waals surface area contributed by atoms with Crippen LogP contribution in [0.3, 0.4) is 0 Å². The monoisotopic (exact) mass is 379 g/mol. The average molecular weight is 379 g/mol. The highest BCUT2D eigenvalue weighted by atomic mass is 32.1. The third-order valence-electron chi connectivity index (χ3n) is 4.16. The molecule has 0 aliphatic rings. The van der Waals surface area contributed by atoms with E-state index in [2.05, 4.69) is 29.2 Å². The molecule has 0 aliphatic carbocycles. The van der Waals surface area contributed by atoms with Crippen LogP contribution in [-0.2, 0) is 0 Å². The third-order valence-corrected chi connectivity index (χ3v) is 5.26. The molecule has 5 heteroatoms. The first-order valence-electron chi connectivity index (χ1n) is 8.45. The zero-order valence-electron chi connectivity index (χ0n) is 15.5. The van der Waals surface area contributed by atoms with Gasteiger partial charge in [0.2, 0.25) is 0 Å². The van der Waals surface area contributed by atoms with Crippen molar-refractivity contribution in [2.45, 2.75) is 0 Å². The van der Waals surface area contributed by atoms with Crippen LogP contribution in [0.1, 0.15) is 15.2 Å². The molecule has 0 saturated heterocycles. The summed E-state index contributed by atoms with van der Waals surface area (Å²) in [5, 5.41) is 9.97. The van der Waals surface area contributed by atoms with Gasteiger partial charge in [-0.15, -0.1) is 11.3 Å². The van der Waals surface area contributed by atoms with Crippen molar-refractivity contribution in [1.82, 2.24) is 0 Å². The van der Waals surface area contributed by atoms with Crippen molar-refractivity contribution in [2.75, 3.05) is 26.1 Å². The normalized spacial score (nSPS) is 10.9. The number of carbonyl (C=O) groups excluding carboxylic acids is 1. The van der Waals surface area contributed by atoms with E-state index in [1.54, 1.807) is 29.5 Å². The quantitative estimate of drug-likeness (QED) is 0.479. The molecule has 0 saturated carbocycles. The standard InChI is InChI=1S/C22H21NO3S/c1-23(2)16-6-4-15(5-7-16)22-13-10-18(27-22)9-12-20(24)19-11-8-17(26-3)14-21(19)25/h4-14,25H,1-3H3/b12-9+. The molecular formula is C22H21NO3S. The number of hydrogen-bond acceptors (Lipinski definition) is 5. The molecule has 0 aliphatic heterocycles. The Balaban J connectivity index is 1.74. The zero-order valence-corrected chi connectivity index (χ0v) is 16.3. The van der Waals surface area contributed by atoms with E-state index < -0.39 is 0 Å². The Morgan fingerprint density at radius 3 is 2.44 bits per heavy atom. The summed E-state index contributed by atoms with van der Waals surface area (Å²) in [5.41, 5.74) is 2.55. The summed E-state index contributed by atoms with van der Waals surface area (Å²) in [4.78, 5) is 16.5. The van der Waals surface area contributed by atoms with Crippen molar-refractivity contribution in [3.8, 4) is 21.9 Å². The molecule has 4 nitrogen and oxygen atoms in total. The Kier molecular flexibility index (Phi) is 5.62. The summed E-state index contributed by atoms with van der Waals surface area (Å²) in [6.45, 7) is 0. The van der Waals surface area contributed by atoms with E-state index in [9.17, 15) is 9.90 Å². The maximum absolute atomic E-state index is 12.3. The van der Waals surface area contributed by atoms with Gasteiger partial charge >= 0.3 is 0 Å². The number of carbonyl (C=O) groups is 1. The number of nitrogens with zero attached hydrogens (tertiary/aromatic N) is 1. The van der Waals surface area contributed by atoms with Gasteiger partial charge in [0.1, 0.15) is 11.5 Å². The molecule has 0 bridgehead atoms. The number of thiophene rings is 1. The minimum absolute atomic E-state index is 0.0862. The Morgan fingerprint density at radius 1 is 1.07 bits per heavy atom. The van der Waals surface area contributed by atoms with Crippen LogP contribution < -0.4 is 9.64 Å². The van der Waals surface area contributed by atoms with Crippen molar-refractivity contribution in [2.24, 2.45) is 0 Å². The lowest BCUT2D eigenvalue weighted by atomic mass is 10.1. The van der Waals surface area contributed by atoms with Gasteiger partial charge in [-0.25, -0.2) is 0 Å². The zero-order chi connectivity index (χ0) is 19.4. The van der Waals surface area contributed by atoms with Crippen molar-refractivity contribution in [3.05, 3.63) is 71.1 Å². The van der Waals surface area contributed by atoms with Crippen molar-refractivity contribution >= 4 is 28.9 Å². The second kappa shape index (κ2) is 8.10. The number of phenols is 1. The molecule has 0 atom stereocenters. The number of allylic oxidation sites excluding steroid dienone is 1. The summed E-state index contributed by atoms with van der Waals surface area (Å²) < 4.78 is 5.03. The lowest BCUT2D eigenvalue weighted by molar-refractivity contribution is 0.104. The van der Waals surface area contributed by atoms with Gasteiger partial charge in [-0.3, -0.25) is 4.79 Å². The number of rotatable bonds is 6. The second-order valence-electron chi connectivity index (χ2n) is 6.22. The Labute approximate surface area is 163 Å². The Morgan fingerprint density at radius 2 is 1.81 bits per heavy atom. The molecular weight excluding hydrogens is 358 g/mol. The van der Waals surface area contributed by atoms with Gasteiger partial charge < -0.3 is 14.7 Å². The number of hydrogen-bond donors (Lipinski definition) is 1. The highest BCUT2D eigenvalue weighted by Gasteiger charge is 2.09. The van der Waals surface area contributed by atoms with E-state index >= 15 is 0 Å². The maximum Gasteiger partial charge on any atom is 0.189 e. The molecule has 138 valence electrons. The topological polar surface area (TPSA) is 49.8 Å². The van der Waals surface area contributed by atoms with Gasteiger partial charge in [0.15, 0.2) is 5.78 Å². The number of anilines is 1. The molecule has 27 heavy (non-hydrogen) atoms. The van der Waals surface area contributed by atoms with Gasteiger partial charge in [-0.2, -0.15) is 0 Å². The van der Waals surface area contributed by atoms with Gasteiger partial charge in [0, 0.05) is 35.6 Å². The molecule has 0 fully saturated rings. The van der Waals surface area contributed by atoms with E-state index in [4.69, 9.17) is 4.74 Å². The first-order valence-corrected chi connectivity index (χ1v) is 9.26. The van der Waals surface area contributed by atoms with Crippen LogP contribution in [0.4, 0.5) is 5.69 Å². The van der Waals surface area contributed by atoms with Crippen LogP contribution in [-0.4, -0.2) is 32.1 Å². The largest absolute Gasteiger partial charge is 0.507 e. The van der Waals surface area contributed by atoms with Crippen LogP contribution in [0.15, 0.2) is 60.7 Å². The fourth-order valence-corrected chi connectivity index (χ4v) is 3.53.